The highest BCUT2D eigenvalue weighted by Crippen LogP contribution is 2.22. The number of hydrogen-bond acceptors (Lipinski definition) is 3. The molecule has 1 aromatic heterocycles. The lowest BCUT2D eigenvalue weighted by molar-refractivity contribution is 0.639. The molecule has 13 heavy (non-hydrogen) atoms. The third kappa shape index (κ3) is 1.11. The number of nitrogen functional groups attached to an aromatic ring is 1. The summed E-state index contributed by atoms with van der Waals surface area (Å²) < 4.78 is 13.3. The number of nitrogens with zero attached hydrogens (tertiary/aromatic N) is 2. The van der Waals surface area contributed by atoms with Crippen molar-refractivity contribution in [3.63, 3.8) is 0 Å². The van der Waals surface area contributed by atoms with Gasteiger partial charge in [-0.3, -0.25) is 0 Å². The molecule has 66 valence electrons. The van der Waals surface area contributed by atoms with Gasteiger partial charge >= 0.3 is 0 Å². The lowest BCUT2D eigenvalue weighted by atomic mass is 10.1. The normalized spacial score (nSPS) is 10.6. The average molecular weight is 177 g/mol. The number of aryl methyl sites for hydroxylation is 1. The third-order valence-electron chi connectivity index (χ3n) is 1.97. The quantitative estimate of drug-likeness (QED) is 0.665. The molecule has 0 bridgehead atoms. The molecular formula is C9H8FN3. The van der Waals surface area contributed by atoms with Gasteiger partial charge in [-0.05, 0) is 13.0 Å². The Hall–Kier alpha value is -1.71. The molecule has 0 radical (unpaired) electrons. The molecular weight excluding hydrogens is 169 g/mol. The van der Waals surface area contributed by atoms with Crippen LogP contribution >= 0.6 is 0 Å². The van der Waals surface area contributed by atoms with E-state index in [1.54, 1.807) is 19.1 Å². The number of anilines is 1. The van der Waals surface area contributed by atoms with Crippen molar-refractivity contribution < 1.29 is 4.39 Å². The minimum Gasteiger partial charge on any atom is -0.382 e. The van der Waals surface area contributed by atoms with Crippen molar-refractivity contribution in [1.29, 1.82) is 0 Å². The monoisotopic (exact) mass is 177 g/mol. The van der Waals surface area contributed by atoms with Crippen molar-refractivity contribution in [1.82, 2.24) is 10.2 Å². The molecule has 1 heterocycles. The number of halogens is 1. The maximum absolute atomic E-state index is 13.3. The molecule has 0 unspecified atom stereocenters. The zero-order valence-electron chi connectivity index (χ0n) is 7.08. The maximum Gasteiger partial charge on any atom is 0.156 e. The smallest absolute Gasteiger partial charge is 0.156 e. The maximum atomic E-state index is 13.3. The summed E-state index contributed by atoms with van der Waals surface area (Å²) in [7, 11) is 0. The van der Waals surface area contributed by atoms with E-state index in [4.69, 9.17) is 5.73 Å². The van der Waals surface area contributed by atoms with E-state index in [0.29, 0.717) is 16.5 Å². The Morgan fingerprint density at radius 2 is 2.08 bits per heavy atom. The minimum absolute atomic E-state index is 0.138. The SMILES string of the molecule is Cc1nnc(N)c2c(F)cccc12. The summed E-state index contributed by atoms with van der Waals surface area (Å²) in [5.74, 6) is -0.216. The van der Waals surface area contributed by atoms with E-state index < -0.39 is 0 Å². The van der Waals surface area contributed by atoms with Gasteiger partial charge in [-0.15, -0.1) is 5.10 Å². The van der Waals surface area contributed by atoms with Gasteiger partial charge in [0.1, 0.15) is 5.82 Å². The standard InChI is InChI=1S/C9H8FN3/c1-5-6-3-2-4-7(10)8(6)9(11)13-12-5/h2-4H,1H3,(H2,11,13). The van der Waals surface area contributed by atoms with Crippen molar-refractivity contribution in [3.05, 3.63) is 29.7 Å². The van der Waals surface area contributed by atoms with E-state index in [0.717, 1.165) is 0 Å². The number of aromatic nitrogens is 2. The second-order valence-electron chi connectivity index (χ2n) is 2.83. The molecule has 0 saturated carbocycles. The second kappa shape index (κ2) is 2.65. The van der Waals surface area contributed by atoms with Gasteiger partial charge in [-0.2, -0.15) is 5.10 Å². The van der Waals surface area contributed by atoms with Crippen LogP contribution < -0.4 is 5.73 Å². The lowest BCUT2D eigenvalue weighted by Gasteiger charge is -2.03. The van der Waals surface area contributed by atoms with Crippen LogP contribution in [0.15, 0.2) is 18.2 Å². The molecule has 0 atom stereocenters. The lowest BCUT2D eigenvalue weighted by Crippen LogP contribution is -1.98. The number of hydrogen-bond donors (Lipinski definition) is 1. The highest BCUT2D eigenvalue weighted by molar-refractivity contribution is 5.92. The van der Waals surface area contributed by atoms with Crippen molar-refractivity contribution in [2.45, 2.75) is 6.92 Å². The Morgan fingerprint density at radius 3 is 2.77 bits per heavy atom. The third-order valence-corrected chi connectivity index (χ3v) is 1.97. The molecule has 3 nitrogen and oxygen atoms in total. The topological polar surface area (TPSA) is 51.8 Å². The fourth-order valence-corrected chi connectivity index (χ4v) is 1.32. The van der Waals surface area contributed by atoms with Gasteiger partial charge in [0.2, 0.25) is 0 Å². The van der Waals surface area contributed by atoms with E-state index in [1.165, 1.54) is 6.07 Å². The van der Waals surface area contributed by atoms with E-state index >= 15 is 0 Å². The van der Waals surface area contributed by atoms with Crippen molar-refractivity contribution in [3.8, 4) is 0 Å². The molecule has 0 amide bonds. The molecule has 0 saturated heterocycles. The molecule has 0 fully saturated rings. The van der Waals surface area contributed by atoms with Crippen LogP contribution in [0, 0.1) is 12.7 Å². The summed E-state index contributed by atoms with van der Waals surface area (Å²) in [4.78, 5) is 0. The average Bonchev–Trinajstić information content (AvgIpc) is 2.12. The van der Waals surface area contributed by atoms with Crippen LogP contribution in [0.1, 0.15) is 5.69 Å². The van der Waals surface area contributed by atoms with Gasteiger partial charge in [0.15, 0.2) is 5.82 Å². The van der Waals surface area contributed by atoms with Gasteiger partial charge in [0, 0.05) is 5.39 Å². The van der Waals surface area contributed by atoms with E-state index in [-0.39, 0.29) is 11.6 Å². The van der Waals surface area contributed by atoms with Crippen molar-refractivity contribution in [2.75, 3.05) is 5.73 Å². The van der Waals surface area contributed by atoms with Crippen LogP contribution in [0.25, 0.3) is 10.8 Å². The van der Waals surface area contributed by atoms with Crippen LogP contribution in [0.2, 0.25) is 0 Å². The van der Waals surface area contributed by atoms with Crippen LogP contribution in [-0.4, -0.2) is 10.2 Å². The first-order valence-electron chi connectivity index (χ1n) is 3.87. The Kier molecular flexibility index (Phi) is 1.62. The molecule has 2 rings (SSSR count). The second-order valence-corrected chi connectivity index (χ2v) is 2.83. The van der Waals surface area contributed by atoms with Crippen LogP contribution in [-0.2, 0) is 0 Å². The summed E-state index contributed by atoms with van der Waals surface area (Å²) in [6.07, 6.45) is 0. The number of fused-ring (bicyclic) bond motifs is 1. The highest BCUT2D eigenvalue weighted by atomic mass is 19.1. The summed E-state index contributed by atoms with van der Waals surface area (Å²) in [6.45, 7) is 1.77. The summed E-state index contributed by atoms with van der Waals surface area (Å²) >= 11 is 0. The molecule has 4 heteroatoms. The van der Waals surface area contributed by atoms with Crippen LogP contribution in [0.5, 0.6) is 0 Å². The number of rotatable bonds is 0. The zero-order chi connectivity index (χ0) is 9.42. The van der Waals surface area contributed by atoms with Crippen molar-refractivity contribution >= 4 is 16.6 Å². The molecule has 0 aliphatic rings. The van der Waals surface area contributed by atoms with Crippen LogP contribution in [0.3, 0.4) is 0 Å². The molecule has 2 N–H and O–H groups in total. The predicted molar refractivity (Wildman–Crippen MR) is 48.6 cm³/mol. The Labute approximate surface area is 74.4 Å². The summed E-state index contributed by atoms with van der Waals surface area (Å²) in [6, 6.07) is 4.77. The molecule has 0 aliphatic carbocycles. The fourth-order valence-electron chi connectivity index (χ4n) is 1.32. The van der Waals surface area contributed by atoms with E-state index in [9.17, 15) is 4.39 Å². The Bertz CT molecular complexity index is 459. The van der Waals surface area contributed by atoms with Gasteiger partial charge in [-0.25, -0.2) is 4.39 Å². The van der Waals surface area contributed by atoms with Gasteiger partial charge < -0.3 is 5.73 Å². The Balaban J connectivity index is 3.00. The largest absolute Gasteiger partial charge is 0.382 e. The molecule has 0 aliphatic heterocycles. The number of benzene rings is 1. The highest BCUT2D eigenvalue weighted by Gasteiger charge is 2.07. The van der Waals surface area contributed by atoms with E-state index in [1.807, 2.05) is 0 Å². The number of nitrogens with two attached hydrogens (primary N) is 1. The first-order chi connectivity index (χ1) is 6.20. The first-order valence-corrected chi connectivity index (χ1v) is 3.87. The minimum atomic E-state index is -0.354. The van der Waals surface area contributed by atoms with Gasteiger partial charge in [-0.1, -0.05) is 12.1 Å². The Morgan fingerprint density at radius 1 is 1.31 bits per heavy atom. The van der Waals surface area contributed by atoms with Crippen molar-refractivity contribution in [2.24, 2.45) is 0 Å². The van der Waals surface area contributed by atoms with Gasteiger partial charge in [0.25, 0.3) is 0 Å². The fraction of sp³-hybridized carbons (Fsp3) is 0.111. The molecule has 0 spiro atoms. The zero-order valence-corrected chi connectivity index (χ0v) is 7.08. The molecule has 2 aromatic rings. The van der Waals surface area contributed by atoms with E-state index in [2.05, 4.69) is 10.2 Å². The molecule has 1 aromatic carbocycles. The van der Waals surface area contributed by atoms with Crippen LogP contribution in [0.4, 0.5) is 10.2 Å². The summed E-state index contributed by atoms with van der Waals surface area (Å²) in [5.41, 5.74) is 6.20. The predicted octanol–water partition coefficient (Wildman–Crippen LogP) is 1.66. The first kappa shape index (κ1) is 7.91. The van der Waals surface area contributed by atoms with Gasteiger partial charge in [0.05, 0.1) is 11.1 Å². The summed E-state index contributed by atoms with van der Waals surface area (Å²) in [5, 5.41) is 8.53.